The monoisotopic (exact) mass is 363 g/mol. The molecule has 2 aromatic heterocycles. The van der Waals surface area contributed by atoms with E-state index in [1.165, 1.54) is 0 Å². The number of anilines is 1. The van der Waals surface area contributed by atoms with Crippen LogP contribution in [0.4, 0.5) is 5.69 Å². The first kappa shape index (κ1) is 17.4. The number of rotatable bonds is 5. The summed E-state index contributed by atoms with van der Waals surface area (Å²) in [7, 11) is 0. The second kappa shape index (κ2) is 8.11. The summed E-state index contributed by atoms with van der Waals surface area (Å²) in [5.41, 5.74) is 2.76. The number of hydrogen-bond acceptors (Lipinski definition) is 5. The smallest absolute Gasteiger partial charge is 0.238 e. The Balaban J connectivity index is 1.44. The van der Waals surface area contributed by atoms with Gasteiger partial charge in [-0.15, -0.1) is 0 Å². The van der Waals surface area contributed by atoms with Gasteiger partial charge in [-0.2, -0.15) is 0 Å². The minimum Gasteiger partial charge on any atom is -0.379 e. The van der Waals surface area contributed by atoms with Gasteiger partial charge >= 0.3 is 0 Å². The number of benzene rings is 1. The molecule has 1 amide bonds. The second-order valence-electron chi connectivity index (χ2n) is 6.34. The maximum absolute atomic E-state index is 12.2. The van der Waals surface area contributed by atoms with Crippen molar-refractivity contribution in [2.24, 2.45) is 0 Å². The maximum Gasteiger partial charge on any atom is 0.238 e. The lowest BCUT2D eigenvalue weighted by molar-refractivity contribution is -0.118. The molecule has 0 bridgehead atoms. The number of hydrogen-bond donors (Lipinski definition) is 1. The third-order valence-electron chi connectivity index (χ3n) is 4.48. The molecule has 0 spiro atoms. The molecule has 1 aromatic carbocycles. The van der Waals surface area contributed by atoms with Gasteiger partial charge in [-0.25, -0.2) is 4.98 Å². The van der Waals surface area contributed by atoms with Crippen LogP contribution in [0.2, 0.25) is 0 Å². The summed E-state index contributed by atoms with van der Waals surface area (Å²) >= 11 is 0. The number of carbonyl (C=O) groups excluding carboxylic acids is 1. The predicted octanol–water partition coefficient (Wildman–Crippen LogP) is 2.21. The Morgan fingerprint density at radius 2 is 1.78 bits per heavy atom. The number of nitrogens with zero attached hydrogens (tertiary/aromatic N) is 4. The molecule has 1 N–H and O–H groups in total. The largest absolute Gasteiger partial charge is 0.379 e. The van der Waals surface area contributed by atoms with Crippen molar-refractivity contribution in [3.05, 3.63) is 61.2 Å². The van der Waals surface area contributed by atoms with E-state index in [4.69, 9.17) is 4.74 Å². The van der Waals surface area contributed by atoms with Gasteiger partial charge in [0.25, 0.3) is 0 Å². The van der Waals surface area contributed by atoms with E-state index in [0.29, 0.717) is 19.8 Å². The maximum atomic E-state index is 12.2. The van der Waals surface area contributed by atoms with E-state index in [-0.39, 0.29) is 5.91 Å². The third-order valence-corrected chi connectivity index (χ3v) is 4.48. The van der Waals surface area contributed by atoms with E-state index in [2.05, 4.69) is 20.2 Å². The predicted molar refractivity (Wildman–Crippen MR) is 103 cm³/mol. The average Bonchev–Trinajstić information content (AvgIpc) is 3.20. The molecule has 1 fully saturated rings. The molecule has 0 saturated carbocycles. The van der Waals surface area contributed by atoms with E-state index in [0.717, 1.165) is 35.9 Å². The first-order valence-electron chi connectivity index (χ1n) is 8.94. The van der Waals surface area contributed by atoms with Gasteiger partial charge in [-0.1, -0.05) is 0 Å². The van der Waals surface area contributed by atoms with Crippen LogP contribution >= 0.6 is 0 Å². The lowest BCUT2D eigenvalue weighted by Crippen LogP contribution is -2.41. The van der Waals surface area contributed by atoms with E-state index in [1.807, 2.05) is 47.2 Å². The Bertz CT molecular complexity index is 886. The molecule has 0 atom stereocenters. The molecule has 27 heavy (non-hydrogen) atoms. The molecule has 4 rings (SSSR count). The average molecular weight is 363 g/mol. The Kier molecular flexibility index (Phi) is 5.22. The molecule has 1 aliphatic rings. The first-order chi connectivity index (χ1) is 13.3. The molecule has 3 heterocycles. The number of amides is 1. The molecule has 0 radical (unpaired) electrons. The van der Waals surface area contributed by atoms with Gasteiger partial charge in [0.2, 0.25) is 5.91 Å². The number of morpholine rings is 1. The van der Waals surface area contributed by atoms with Crippen molar-refractivity contribution in [1.82, 2.24) is 19.4 Å². The van der Waals surface area contributed by atoms with E-state index >= 15 is 0 Å². The number of ether oxygens (including phenoxy) is 1. The third kappa shape index (κ3) is 4.21. The zero-order valence-electron chi connectivity index (χ0n) is 14.9. The van der Waals surface area contributed by atoms with Crippen LogP contribution in [-0.2, 0) is 9.53 Å². The Hall–Kier alpha value is -3.03. The molecular formula is C20H21N5O2. The first-order valence-corrected chi connectivity index (χ1v) is 8.94. The summed E-state index contributed by atoms with van der Waals surface area (Å²) in [6, 6.07) is 11.6. The van der Waals surface area contributed by atoms with Crippen LogP contribution in [0.5, 0.6) is 0 Å². The molecule has 0 unspecified atom stereocenters. The highest BCUT2D eigenvalue weighted by Gasteiger charge is 2.14. The molecule has 1 aliphatic heterocycles. The van der Waals surface area contributed by atoms with E-state index in [9.17, 15) is 4.79 Å². The Labute approximate surface area is 157 Å². The molecular weight excluding hydrogens is 342 g/mol. The molecule has 7 heteroatoms. The normalized spacial score (nSPS) is 14.8. The zero-order valence-corrected chi connectivity index (χ0v) is 14.9. The van der Waals surface area contributed by atoms with Gasteiger partial charge in [-0.3, -0.25) is 19.2 Å². The van der Waals surface area contributed by atoms with Crippen LogP contribution in [0.15, 0.2) is 61.2 Å². The highest BCUT2D eigenvalue weighted by Crippen LogP contribution is 2.22. The Morgan fingerprint density at radius 1 is 1.04 bits per heavy atom. The summed E-state index contributed by atoms with van der Waals surface area (Å²) in [5, 5.41) is 2.95. The SMILES string of the molecule is O=C(CN1CCOCC1)Nc1ccc(-n2ccnc2-c2ccncc2)cc1. The highest BCUT2D eigenvalue weighted by molar-refractivity contribution is 5.92. The van der Waals surface area contributed by atoms with Crippen LogP contribution in [0.1, 0.15) is 0 Å². The lowest BCUT2D eigenvalue weighted by Gasteiger charge is -2.25. The van der Waals surface area contributed by atoms with Gasteiger partial charge in [-0.05, 0) is 36.4 Å². The number of nitrogens with one attached hydrogen (secondary N) is 1. The molecule has 138 valence electrons. The topological polar surface area (TPSA) is 72.3 Å². The fraction of sp³-hybridized carbons (Fsp3) is 0.250. The second-order valence-corrected chi connectivity index (χ2v) is 6.34. The molecule has 0 aliphatic carbocycles. The fourth-order valence-corrected chi connectivity index (χ4v) is 3.09. The van der Waals surface area contributed by atoms with Crippen molar-refractivity contribution in [2.45, 2.75) is 0 Å². The molecule has 1 saturated heterocycles. The van der Waals surface area contributed by atoms with Crippen LogP contribution in [0.3, 0.4) is 0 Å². The zero-order chi connectivity index (χ0) is 18.5. The summed E-state index contributed by atoms with van der Waals surface area (Å²) in [5.74, 6) is 0.839. The van der Waals surface area contributed by atoms with Crippen LogP contribution in [-0.4, -0.2) is 58.2 Å². The summed E-state index contributed by atoms with van der Waals surface area (Å²) < 4.78 is 7.31. The minimum atomic E-state index is -0.00949. The number of pyridine rings is 1. The van der Waals surface area contributed by atoms with Crippen molar-refractivity contribution >= 4 is 11.6 Å². The lowest BCUT2D eigenvalue weighted by atomic mass is 10.2. The van der Waals surface area contributed by atoms with Crippen LogP contribution in [0, 0.1) is 0 Å². The molecule has 3 aromatic rings. The van der Waals surface area contributed by atoms with Crippen molar-refractivity contribution in [3.8, 4) is 17.1 Å². The van der Waals surface area contributed by atoms with Crippen molar-refractivity contribution in [2.75, 3.05) is 38.2 Å². The van der Waals surface area contributed by atoms with Crippen molar-refractivity contribution in [1.29, 1.82) is 0 Å². The van der Waals surface area contributed by atoms with Crippen molar-refractivity contribution < 1.29 is 9.53 Å². The summed E-state index contributed by atoms with van der Waals surface area (Å²) in [4.78, 5) is 22.8. The summed E-state index contributed by atoms with van der Waals surface area (Å²) in [6.07, 6.45) is 7.19. The van der Waals surface area contributed by atoms with E-state index < -0.39 is 0 Å². The van der Waals surface area contributed by atoms with Gasteiger partial charge in [0.05, 0.1) is 19.8 Å². The van der Waals surface area contributed by atoms with Gasteiger partial charge in [0.15, 0.2) is 0 Å². The van der Waals surface area contributed by atoms with Gasteiger partial charge < -0.3 is 10.1 Å². The minimum absolute atomic E-state index is 0.00949. The van der Waals surface area contributed by atoms with Gasteiger partial charge in [0, 0.05) is 54.8 Å². The van der Waals surface area contributed by atoms with Crippen LogP contribution in [0.25, 0.3) is 17.1 Å². The number of aromatic nitrogens is 3. The summed E-state index contributed by atoms with van der Waals surface area (Å²) in [6.45, 7) is 3.35. The highest BCUT2D eigenvalue weighted by atomic mass is 16.5. The molecule has 7 nitrogen and oxygen atoms in total. The van der Waals surface area contributed by atoms with E-state index in [1.54, 1.807) is 18.6 Å². The van der Waals surface area contributed by atoms with Crippen molar-refractivity contribution in [3.63, 3.8) is 0 Å². The number of imidazole rings is 1. The van der Waals surface area contributed by atoms with Crippen LogP contribution < -0.4 is 5.32 Å². The fourth-order valence-electron chi connectivity index (χ4n) is 3.09. The van der Waals surface area contributed by atoms with Gasteiger partial charge in [0.1, 0.15) is 5.82 Å². The number of carbonyl (C=O) groups is 1. The Morgan fingerprint density at radius 3 is 2.52 bits per heavy atom. The quantitative estimate of drug-likeness (QED) is 0.752. The standard InChI is InChI=1S/C20H21N5O2/c26-19(15-24-11-13-27-14-12-24)23-17-1-3-18(4-2-17)25-10-9-22-20(25)16-5-7-21-8-6-16/h1-10H,11-15H2,(H,23,26).